The van der Waals surface area contributed by atoms with Crippen molar-refractivity contribution < 1.29 is 14.9 Å². The fourth-order valence-electron chi connectivity index (χ4n) is 1.07. The van der Waals surface area contributed by atoms with Gasteiger partial charge in [-0.05, 0) is 6.08 Å². The SMILES string of the molecule is COC1C=CC=CC1(O)CO. The van der Waals surface area contributed by atoms with Crippen LogP contribution in [0.25, 0.3) is 0 Å². The largest absolute Gasteiger partial charge is 0.393 e. The molecule has 0 radical (unpaired) electrons. The Morgan fingerprint density at radius 1 is 1.55 bits per heavy atom. The fourth-order valence-corrected chi connectivity index (χ4v) is 1.07. The van der Waals surface area contributed by atoms with Crippen molar-refractivity contribution in [3.63, 3.8) is 0 Å². The number of hydrogen-bond acceptors (Lipinski definition) is 3. The first-order chi connectivity index (χ1) is 5.23. The number of hydrogen-bond donors (Lipinski definition) is 2. The molecule has 2 N–H and O–H groups in total. The van der Waals surface area contributed by atoms with E-state index >= 15 is 0 Å². The van der Waals surface area contributed by atoms with E-state index in [2.05, 4.69) is 0 Å². The second kappa shape index (κ2) is 3.17. The topological polar surface area (TPSA) is 49.7 Å². The van der Waals surface area contributed by atoms with Crippen LogP contribution in [-0.2, 0) is 4.74 Å². The minimum atomic E-state index is -1.25. The van der Waals surface area contributed by atoms with Crippen LogP contribution in [0.2, 0.25) is 0 Å². The van der Waals surface area contributed by atoms with E-state index in [4.69, 9.17) is 9.84 Å². The zero-order valence-corrected chi connectivity index (χ0v) is 6.40. The molecule has 62 valence electrons. The minimum Gasteiger partial charge on any atom is -0.393 e. The third kappa shape index (κ3) is 1.50. The lowest BCUT2D eigenvalue weighted by Gasteiger charge is -2.30. The number of ether oxygens (including phenoxy) is 1. The monoisotopic (exact) mass is 156 g/mol. The molecule has 0 saturated carbocycles. The Morgan fingerprint density at radius 3 is 2.73 bits per heavy atom. The van der Waals surface area contributed by atoms with Crippen LogP contribution in [0.3, 0.4) is 0 Å². The van der Waals surface area contributed by atoms with Gasteiger partial charge in [-0.25, -0.2) is 0 Å². The van der Waals surface area contributed by atoms with Gasteiger partial charge in [0.1, 0.15) is 11.7 Å². The van der Waals surface area contributed by atoms with E-state index < -0.39 is 11.7 Å². The van der Waals surface area contributed by atoms with Gasteiger partial charge in [-0.3, -0.25) is 0 Å². The molecular formula is C8H12O3. The molecule has 0 aromatic heterocycles. The quantitative estimate of drug-likeness (QED) is 0.584. The maximum Gasteiger partial charge on any atom is 0.136 e. The molecule has 0 aromatic carbocycles. The molecule has 1 aliphatic carbocycles. The maximum absolute atomic E-state index is 9.63. The van der Waals surface area contributed by atoms with Crippen LogP contribution in [0, 0.1) is 0 Å². The highest BCUT2D eigenvalue weighted by molar-refractivity contribution is 5.22. The lowest BCUT2D eigenvalue weighted by molar-refractivity contribution is -0.0681. The van der Waals surface area contributed by atoms with Crippen molar-refractivity contribution in [2.75, 3.05) is 13.7 Å². The molecule has 0 aromatic rings. The Morgan fingerprint density at radius 2 is 2.27 bits per heavy atom. The first kappa shape index (κ1) is 8.46. The summed E-state index contributed by atoms with van der Waals surface area (Å²) in [5, 5.41) is 18.5. The second-order valence-corrected chi connectivity index (χ2v) is 2.55. The van der Waals surface area contributed by atoms with E-state index in [-0.39, 0.29) is 6.61 Å². The van der Waals surface area contributed by atoms with Gasteiger partial charge in [0.15, 0.2) is 0 Å². The molecule has 0 bridgehead atoms. The van der Waals surface area contributed by atoms with Gasteiger partial charge in [-0.15, -0.1) is 0 Å². The van der Waals surface area contributed by atoms with E-state index in [0.717, 1.165) is 0 Å². The maximum atomic E-state index is 9.63. The normalized spacial score (nSPS) is 36.1. The van der Waals surface area contributed by atoms with Gasteiger partial charge in [-0.2, -0.15) is 0 Å². The Hall–Kier alpha value is -0.640. The molecule has 1 rings (SSSR count). The summed E-state index contributed by atoms with van der Waals surface area (Å²) in [5.41, 5.74) is -1.25. The summed E-state index contributed by atoms with van der Waals surface area (Å²) in [6.07, 6.45) is 6.25. The van der Waals surface area contributed by atoms with Crippen molar-refractivity contribution in [2.45, 2.75) is 11.7 Å². The van der Waals surface area contributed by atoms with Crippen molar-refractivity contribution in [3.05, 3.63) is 24.3 Å². The molecule has 1 aliphatic rings. The van der Waals surface area contributed by atoms with E-state index in [1.165, 1.54) is 13.2 Å². The van der Waals surface area contributed by atoms with Crippen molar-refractivity contribution in [3.8, 4) is 0 Å². The molecule has 0 fully saturated rings. The third-order valence-corrected chi connectivity index (χ3v) is 1.78. The summed E-state index contributed by atoms with van der Waals surface area (Å²) in [6.45, 7) is -0.327. The minimum absolute atomic E-state index is 0.327. The first-order valence-electron chi connectivity index (χ1n) is 3.45. The Bertz CT molecular complexity index is 186. The molecule has 3 heteroatoms. The van der Waals surface area contributed by atoms with Gasteiger partial charge in [0.2, 0.25) is 0 Å². The zero-order chi connectivity index (χ0) is 8.32. The molecule has 0 amide bonds. The number of rotatable bonds is 2. The Balaban J connectivity index is 2.77. The van der Waals surface area contributed by atoms with Gasteiger partial charge in [-0.1, -0.05) is 18.2 Å². The number of aliphatic hydroxyl groups is 2. The Kier molecular flexibility index (Phi) is 2.44. The summed E-state index contributed by atoms with van der Waals surface area (Å²) in [6, 6.07) is 0. The molecule has 2 atom stereocenters. The predicted octanol–water partition coefficient (Wildman–Crippen LogP) is -0.149. The second-order valence-electron chi connectivity index (χ2n) is 2.55. The van der Waals surface area contributed by atoms with Crippen molar-refractivity contribution in [1.82, 2.24) is 0 Å². The average Bonchev–Trinajstić information content (AvgIpc) is 2.05. The van der Waals surface area contributed by atoms with Crippen molar-refractivity contribution in [1.29, 1.82) is 0 Å². The predicted molar refractivity (Wildman–Crippen MR) is 41.1 cm³/mol. The molecule has 3 nitrogen and oxygen atoms in total. The molecule has 0 saturated heterocycles. The van der Waals surface area contributed by atoms with Crippen LogP contribution in [0.1, 0.15) is 0 Å². The molecule has 11 heavy (non-hydrogen) atoms. The van der Waals surface area contributed by atoms with Crippen LogP contribution in [0.15, 0.2) is 24.3 Å². The summed E-state index contributed by atoms with van der Waals surface area (Å²) >= 11 is 0. The van der Waals surface area contributed by atoms with Gasteiger partial charge < -0.3 is 14.9 Å². The van der Waals surface area contributed by atoms with Crippen LogP contribution >= 0.6 is 0 Å². The van der Waals surface area contributed by atoms with Gasteiger partial charge >= 0.3 is 0 Å². The van der Waals surface area contributed by atoms with E-state index in [9.17, 15) is 5.11 Å². The lowest BCUT2D eigenvalue weighted by atomic mass is 9.93. The first-order valence-corrected chi connectivity index (χ1v) is 3.45. The van der Waals surface area contributed by atoms with E-state index in [0.29, 0.717) is 0 Å². The molecule has 2 unspecified atom stereocenters. The van der Waals surface area contributed by atoms with E-state index in [1.54, 1.807) is 18.2 Å². The highest BCUT2D eigenvalue weighted by Gasteiger charge is 2.33. The molecule has 0 heterocycles. The highest BCUT2D eigenvalue weighted by atomic mass is 16.5. The summed E-state index contributed by atoms with van der Waals surface area (Å²) < 4.78 is 4.95. The third-order valence-electron chi connectivity index (χ3n) is 1.78. The Labute approximate surface area is 65.6 Å². The van der Waals surface area contributed by atoms with Crippen LogP contribution in [0.5, 0.6) is 0 Å². The highest BCUT2D eigenvalue weighted by Crippen LogP contribution is 2.19. The summed E-state index contributed by atoms with van der Waals surface area (Å²) in [5.74, 6) is 0. The van der Waals surface area contributed by atoms with Crippen molar-refractivity contribution >= 4 is 0 Å². The van der Waals surface area contributed by atoms with Crippen LogP contribution < -0.4 is 0 Å². The summed E-state index contributed by atoms with van der Waals surface area (Å²) in [7, 11) is 1.49. The smallest absolute Gasteiger partial charge is 0.136 e. The molecule has 0 spiro atoms. The van der Waals surface area contributed by atoms with E-state index in [1.807, 2.05) is 0 Å². The fraction of sp³-hybridized carbons (Fsp3) is 0.500. The molecular weight excluding hydrogens is 144 g/mol. The van der Waals surface area contributed by atoms with Crippen LogP contribution in [0.4, 0.5) is 0 Å². The number of methoxy groups -OCH3 is 1. The van der Waals surface area contributed by atoms with Gasteiger partial charge in [0.05, 0.1) is 6.61 Å². The standard InChI is InChI=1S/C8H12O3/c1-11-7-4-2-3-5-8(7,10)6-9/h2-5,7,9-10H,6H2,1H3. The molecule has 0 aliphatic heterocycles. The number of allylic oxidation sites excluding steroid dienone is 2. The lowest BCUT2D eigenvalue weighted by Crippen LogP contribution is -2.44. The van der Waals surface area contributed by atoms with Gasteiger partial charge in [0, 0.05) is 7.11 Å². The van der Waals surface area contributed by atoms with Crippen LogP contribution in [-0.4, -0.2) is 35.6 Å². The zero-order valence-electron chi connectivity index (χ0n) is 6.40. The van der Waals surface area contributed by atoms with Crippen molar-refractivity contribution in [2.24, 2.45) is 0 Å². The average molecular weight is 156 g/mol. The number of aliphatic hydroxyl groups excluding tert-OH is 1. The summed E-state index contributed by atoms with van der Waals surface area (Å²) in [4.78, 5) is 0. The van der Waals surface area contributed by atoms with Gasteiger partial charge in [0.25, 0.3) is 0 Å².